The van der Waals surface area contributed by atoms with Crippen molar-refractivity contribution in [2.45, 2.75) is 19.1 Å². The number of alkyl halides is 3. The Morgan fingerprint density at radius 1 is 1.32 bits per heavy atom. The van der Waals surface area contributed by atoms with Crippen molar-refractivity contribution in [2.75, 3.05) is 12.4 Å². The van der Waals surface area contributed by atoms with E-state index >= 15 is 0 Å². The summed E-state index contributed by atoms with van der Waals surface area (Å²) in [6.07, 6.45) is -4.60. The van der Waals surface area contributed by atoms with Crippen LogP contribution in [0.1, 0.15) is 17.4 Å². The third-order valence-electron chi connectivity index (χ3n) is 3.00. The van der Waals surface area contributed by atoms with Crippen LogP contribution in [0.25, 0.3) is 0 Å². The number of anilines is 1. The summed E-state index contributed by atoms with van der Waals surface area (Å²) in [5.41, 5.74) is -0.0241. The van der Waals surface area contributed by atoms with Crippen LogP contribution in [0.3, 0.4) is 0 Å². The molecule has 0 aliphatic rings. The van der Waals surface area contributed by atoms with E-state index in [-0.39, 0.29) is 11.4 Å². The lowest BCUT2D eigenvalue weighted by molar-refractivity contribution is -0.175. The maximum absolute atomic E-state index is 13.3. The third kappa shape index (κ3) is 3.57. The van der Waals surface area contributed by atoms with Gasteiger partial charge in [-0.25, -0.2) is 4.79 Å². The average molecular weight is 313 g/mol. The average Bonchev–Trinajstić information content (AvgIpc) is 2.83. The Labute approximate surface area is 124 Å². The van der Waals surface area contributed by atoms with Gasteiger partial charge in [0.05, 0.1) is 0 Å². The second-order valence-electron chi connectivity index (χ2n) is 4.72. The SMILES string of the molecule is Cc1cc(NC(=O)N(C)C(c2ccccc2)C(F)(F)F)no1. The molecule has 118 valence electrons. The summed E-state index contributed by atoms with van der Waals surface area (Å²) >= 11 is 0. The number of urea groups is 1. The minimum absolute atomic E-state index is 0.0241. The zero-order valence-electron chi connectivity index (χ0n) is 11.9. The Kier molecular flexibility index (Phi) is 4.39. The van der Waals surface area contributed by atoms with Gasteiger partial charge in [-0.1, -0.05) is 35.5 Å². The van der Waals surface area contributed by atoms with Crippen LogP contribution in [0.15, 0.2) is 40.9 Å². The summed E-state index contributed by atoms with van der Waals surface area (Å²) in [5.74, 6) is 0.497. The first-order chi connectivity index (χ1) is 10.3. The molecule has 1 aromatic carbocycles. The molecule has 0 fully saturated rings. The highest BCUT2D eigenvalue weighted by atomic mass is 19.4. The van der Waals surface area contributed by atoms with Gasteiger partial charge in [0, 0.05) is 13.1 Å². The molecule has 5 nitrogen and oxygen atoms in total. The number of hydrogen-bond donors (Lipinski definition) is 1. The van der Waals surface area contributed by atoms with Gasteiger partial charge in [-0.2, -0.15) is 13.2 Å². The minimum Gasteiger partial charge on any atom is -0.360 e. The molecular formula is C14H14F3N3O2. The highest BCUT2D eigenvalue weighted by molar-refractivity contribution is 5.88. The molecular weight excluding hydrogens is 299 g/mol. The summed E-state index contributed by atoms with van der Waals surface area (Å²) < 4.78 is 44.7. The predicted molar refractivity (Wildman–Crippen MR) is 73.3 cm³/mol. The van der Waals surface area contributed by atoms with E-state index in [1.54, 1.807) is 13.0 Å². The van der Waals surface area contributed by atoms with Gasteiger partial charge in [0.25, 0.3) is 0 Å². The Balaban J connectivity index is 2.22. The fraction of sp³-hybridized carbons (Fsp3) is 0.286. The van der Waals surface area contributed by atoms with E-state index < -0.39 is 18.2 Å². The lowest BCUT2D eigenvalue weighted by atomic mass is 10.1. The quantitative estimate of drug-likeness (QED) is 0.939. The zero-order chi connectivity index (χ0) is 16.3. The number of rotatable bonds is 3. The number of aromatic nitrogens is 1. The second-order valence-corrected chi connectivity index (χ2v) is 4.72. The number of halogens is 3. The van der Waals surface area contributed by atoms with Crippen LogP contribution in [0, 0.1) is 6.92 Å². The highest BCUT2D eigenvalue weighted by Crippen LogP contribution is 2.37. The monoisotopic (exact) mass is 313 g/mol. The Bertz CT molecular complexity index is 640. The molecule has 1 aromatic heterocycles. The van der Waals surface area contributed by atoms with Gasteiger partial charge in [0.2, 0.25) is 0 Å². The predicted octanol–water partition coefficient (Wildman–Crippen LogP) is 3.75. The van der Waals surface area contributed by atoms with Gasteiger partial charge in [0.1, 0.15) is 5.76 Å². The summed E-state index contributed by atoms with van der Waals surface area (Å²) in [4.78, 5) is 12.6. The van der Waals surface area contributed by atoms with Crippen LogP contribution in [-0.4, -0.2) is 29.3 Å². The number of amides is 2. The number of nitrogens with one attached hydrogen (secondary N) is 1. The molecule has 0 spiro atoms. The summed E-state index contributed by atoms with van der Waals surface area (Å²) in [7, 11) is 1.08. The van der Waals surface area contributed by atoms with Crippen LogP contribution >= 0.6 is 0 Å². The number of carbonyl (C=O) groups excluding carboxylic acids is 1. The third-order valence-corrected chi connectivity index (χ3v) is 3.00. The van der Waals surface area contributed by atoms with Crippen molar-refractivity contribution < 1.29 is 22.5 Å². The van der Waals surface area contributed by atoms with Gasteiger partial charge in [-0.15, -0.1) is 0 Å². The molecule has 0 radical (unpaired) electrons. The van der Waals surface area contributed by atoms with Crippen molar-refractivity contribution in [2.24, 2.45) is 0 Å². The molecule has 1 heterocycles. The maximum atomic E-state index is 13.3. The topological polar surface area (TPSA) is 58.4 Å². The molecule has 1 N–H and O–H groups in total. The largest absolute Gasteiger partial charge is 0.413 e. The molecule has 2 amide bonds. The maximum Gasteiger partial charge on any atom is 0.413 e. The number of hydrogen-bond acceptors (Lipinski definition) is 3. The Morgan fingerprint density at radius 2 is 1.95 bits per heavy atom. The first kappa shape index (κ1) is 15.9. The fourth-order valence-electron chi connectivity index (χ4n) is 2.01. The van der Waals surface area contributed by atoms with Crippen molar-refractivity contribution in [1.82, 2.24) is 10.1 Å². The van der Waals surface area contributed by atoms with Crippen LogP contribution in [0.5, 0.6) is 0 Å². The van der Waals surface area contributed by atoms with Gasteiger partial charge >= 0.3 is 12.2 Å². The lowest BCUT2D eigenvalue weighted by Crippen LogP contribution is -2.42. The normalized spacial score (nSPS) is 12.8. The van der Waals surface area contributed by atoms with Crippen molar-refractivity contribution in [3.63, 3.8) is 0 Å². The molecule has 22 heavy (non-hydrogen) atoms. The minimum atomic E-state index is -4.60. The molecule has 1 unspecified atom stereocenters. The molecule has 1 atom stereocenters. The zero-order valence-corrected chi connectivity index (χ0v) is 11.9. The van der Waals surface area contributed by atoms with Crippen LogP contribution in [-0.2, 0) is 0 Å². The highest BCUT2D eigenvalue weighted by Gasteiger charge is 2.45. The molecule has 2 aromatic rings. The smallest absolute Gasteiger partial charge is 0.360 e. The van der Waals surface area contributed by atoms with E-state index in [1.165, 1.54) is 30.3 Å². The van der Waals surface area contributed by atoms with Crippen molar-refractivity contribution >= 4 is 11.8 Å². The van der Waals surface area contributed by atoms with E-state index in [4.69, 9.17) is 4.52 Å². The fourth-order valence-corrected chi connectivity index (χ4v) is 2.01. The van der Waals surface area contributed by atoms with Gasteiger partial charge in [-0.05, 0) is 12.5 Å². The number of nitrogens with zero attached hydrogens (tertiary/aromatic N) is 2. The lowest BCUT2D eigenvalue weighted by Gasteiger charge is -2.30. The van der Waals surface area contributed by atoms with Crippen molar-refractivity contribution in [3.8, 4) is 0 Å². The van der Waals surface area contributed by atoms with E-state index in [9.17, 15) is 18.0 Å². The second kappa shape index (κ2) is 6.08. The molecule has 2 rings (SSSR count). The van der Waals surface area contributed by atoms with E-state index in [0.29, 0.717) is 10.7 Å². The van der Waals surface area contributed by atoms with Crippen LogP contribution < -0.4 is 5.32 Å². The van der Waals surface area contributed by atoms with Crippen molar-refractivity contribution in [3.05, 3.63) is 47.7 Å². The first-order valence-corrected chi connectivity index (χ1v) is 6.38. The van der Waals surface area contributed by atoms with Crippen LogP contribution in [0.4, 0.5) is 23.8 Å². The molecule has 0 aliphatic heterocycles. The van der Waals surface area contributed by atoms with E-state index in [1.807, 2.05) is 0 Å². The Morgan fingerprint density at radius 3 is 2.45 bits per heavy atom. The molecule has 0 saturated carbocycles. The summed E-state index contributed by atoms with van der Waals surface area (Å²) in [6.45, 7) is 1.61. The first-order valence-electron chi connectivity index (χ1n) is 6.38. The van der Waals surface area contributed by atoms with Gasteiger partial charge in [-0.3, -0.25) is 5.32 Å². The number of benzene rings is 1. The van der Waals surface area contributed by atoms with Gasteiger partial charge in [0.15, 0.2) is 11.9 Å². The molecule has 0 aliphatic carbocycles. The van der Waals surface area contributed by atoms with E-state index in [2.05, 4.69) is 10.5 Å². The Hall–Kier alpha value is -2.51. The molecule has 0 saturated heterocycles. The molecule has 8 heteroatoms. The van der Waals surface area contributed by atoms with Gasteiger partial charge < -0.3 is 9.42 Å². The summed E-state index contributed by atoms with van der Waals surface area (Å²) in [5, 5.41) is 5.78. The van der Waals surface area contributed by atoms with Crippen molar-refractivity contribution in [1.29, 1.82) is 0 Å². The van der Waals surface area contributed by atoms with Crippen LogP contribution in [0.2, 0.25) is 0 Å². The van der Waals surface area contributed by atoms with E-state index in [0.717, 1.165) is 7.05 Å². The number of carbonyl (C=O) groups is 1. The standard InChI is InChI=1S/C14H14F3N3O2/c1-9-8-11(19-22-9)18-13(21)20(2)12(14(15,16)17)10-6-4-3-5-7-10/h3-8,12H,1-2H3,(H,18,19,21). The number of aryl methyl sites for hydroxylation is 1. The molecule has 0 bridgehead atoms. The summed E-state index contributed by atoms with van der Waals surface area (Å²) in [6, 6.07) is 5.65.